The van der Waals surface area contributed by atoms with Crippen molar-refractivity contribution >= 4 is 6.03 Å². The molecule has 1 aromatic rings. The first-order valence-corrected chi connectivity index (χ1v) is 8.84. The summed E-state index contributed by atoms with van der Waals surface area (Å²) in [6.45, 7) is 5.86. The number of amides is 2. The standard InChI is InChI=1S/C19H28N2O3/c1-18(2)8-7-16(14-5-3-4-6-15(14)18)21-17(22)20-13-19(23)9-11-24-12-10-19/h3-6,16,23H,7-13H2,1-2H3,(H2,20,21,22). The van der Waals surface area contributed by atoms with Crippen molar-refractivity contribution in [1.29, 1.82) is 0 Å². The highest BCUT2D eigenvalue weighted by molar-refractivity contribution is 5.74. The van der Waals surface area contributed by atoms with Crippen LogP contribution in [0, 0.1) is 0 Å². The van der Waals surface area contributed by atoms with E-state index in [2.05, 4.69) is 42.7 Å². The maximum atomic E-state index is 12.3. The van der Waals surface area contributed by atoms with Crippen LogP contribution in [-0.2, 0) is 10.2 Å². The molecule has 0 spiro atoms. The molecule has 1 unspecified atom stereocenters. The number of hydrogen-bond acceptors (Lipinski definition) is 3. The summed E-state index contributed by atoms with van der Waals surface area (Å²) in [6, 6.07) is 8.16. The predicted molar refractivity (Wildman–Crippen MR) is 93.0 cm³/mol. The van der Waals surface area contributed by atoms with E-state index < -0.39 is 5.60 Å². The largest absolute Gasteiger partial charge is 0.388 e. The van der Waals surface area contributed by atoms with Gasteiger partial charge in [-0.25, -0.2) is 4.79 Å². The zero-order valence-electron chi connectivity index (χ0n) is 14.6. The molecule has 1 saturated heterocycles. The number of carbonyl (C=O) groups is 1. The Hall–Kier alpha value is -1.59. The molecular weight excluding hydrogens is 304 g/mol. The molecular formula is C19H28N2O3. The lowest BCUT2D eigenvalue weighted by Crippen LogP contribution is -2.50. The van der Waals surface area contributed by atoms with Crippen LogP contribution >= 0.6 is 0 Å². The fraction of sp³-hybridized carbons (Fsp3) is 0.632. The fourth-order valence-electron chi connectivity index (χ4n) is 3.74. The van der Waals surface area contributed by atoms with Crippen LogP contribution in [0.25, 0.3) is 0 Å². The molecule has 0 aromatic heterocycles. The highest BCUT2D eigenvalue weighted by Crippen LogP contribution is 2.41. The van der Waals surface area contributed by atoms with Crippen LogP contribution in [-0.4, -0.2) is 36.5 Å². The smallest absolute Gasteiger partial charge is 0.315 e. The average Bonchev–Trinajstić information content (AvgIpc) is 2.57. The Bertz CT molecular complexity index is 594. The van der Waals surface area contributed by atoms with E-state index in [1.165, 1.54) is 11.1 Å². The fourth-order valence-corrected chi connectivity index (χ4v) is 3.74. The lowest BCUT2D eigenvalue weighted by Gasteiger charge is -2.37. The van der Waals surface area contributed by atoms with Crippen LogP contribution < -0.4 is 10.6 Å². The van der Waals surface area contributed by atoms with E-state index in [-0.39, 0.29) is 24.0 Å². The molecule has 3 N–H and O–H groups in total. The van der Waals surface area contributed by atoms with Gasteiger partial charge < -0.3 is 20.5 Å². The molecule has 1 fully saturated rings. The van der Waals surface area contributed by atoms with Gasteiger partial charge >= 0.3 is 6.03 Å². The van der Waals surface area contributed by atoms with Gasteiger partial charge in [0, 0.05) is 32.6 Å². The number of rotatable bonds is 3. The number of nitrogens with one attached hydrogen (secondary N) is 2. The minimum atomic E-state index is -0.845. The minimum absolute atomic E-state index is 0.0264. The summed E-state index contributed by atoms with van der Waals surface area (Å²) < 4.78 is 5.26. The van der Waals surface area contributed by atoms with Crippen LogP contribution in [0.3, 0.4) is 0 Å². The Kier molecular flexibility index (Phi) is 4.83. The molecule has 2 aliphatic rings. The Balaban J connectivity index is 1.61. The summed E-state index contributed by atoms with van der Waals surface area (Å²) in [6.07, 6.45) is 3.09. The molecule has 5 nitrogen and oxygen atoms in total. The van der Waals surface area contributed by atoms with Crippen molar-refractivity contribution < 1.29 is 14.6 Å². The summed E-state index contributed by atoms with van der Waals surface area (Å²) in [4.78, 5) is 12.3. The SMILES string of the molecule is CC1(C)CCC(NC(=O)NCC2(O)CCOCC2)c2ccccc21. The van der Waals surface area contributed by atoms with Gasteiger partial charge in [-0.15, -0.1) is 0 Å². The molecule has 1 heterocycles. The lowest BCUT2D eigenvalue weighted by atomic mass is 9.71. The molecule has 132 valence electrons. The lowest BCUT2D eigenvalue weighted by molar-refractivity contribution is -0.0600. The van der Waals surface area contributed by atoms with Crippen LogP contribution in [0.2, 0.25) is 0 Å². The summed E-state index contributed by atoms with van der Waals surface area (Å²) in [5.41, 5.74) is 1.81. The number of urea groups is 1. The summed E-state index contributed by atoms with van der Waals surface area (Å²) >= 11 is 0. The van der Waals surface area contributed by atoms with Gasteiger partial charge in [0.25, 0.3) is 0 Å². The third-order valence-electron chi connectivity index (χ3n) is 5.43. The van der Waals surface area contributed by atoms with Crippen LogP contribution in [0.1, 0.15) is 56.7 Å². The van der Waals surface area contributed by atoms with E-state index in [4.69, 9.17) is 4.74 Å². The Morgan fingerprint density at radius 1 is 1.25 bits per heavy atom. The first kappa shape index (κ1) is 17.2. The van der Waals surface area contributed by atoms with Gasteiger partial charge in [-0.2, -0.15) is 0 Å². The number of fused-ring (bicyclic) bond motifs is 1. The topological polar surface area (TPSA) is 70.6 Å². The number of aliphatic hydroxyl groups is 1. The van der Waals surface area contributed by atoms with Gasteiger partial charge in [-0.1, -0.05) is 38.1 Å². The number of hydrogen-bond donors (Lipinski definition) is 3. The van der Waals surface area contributed by atoms with E-state index in [0.29, 0.717) is 26.1 Å². The minimum Gasteiger partial charge on any atom is -0.388 e. The molecule has 0 radical (unpaired) electrons. The van der Waals surface area contributed by atoms with Gasteiger partial charge in [0.1, 0.15) is 0 Å². The van der Waals surface area contributed by atoms with Crippen molar-refractivity contribution in [2.75, 3.05) is 19.8 Å². The molecule has 1 aromatic carbocycles. The quantitative estimate of drug-likeness (QED) is 0.797. The zero-order chi connectivity index (χ0) is 17.2. The number of carbonyl (C=O) groups excluding carboxylic acids is 1. The van der Waals surface area contributed by atoms with Crippen molar-refractivity contribution in [2.24, 2.45) is 0 Å². The zero-order valence-corrected chi connectivity index (χ0v) is 14.6. The average molecular weight is 332 g/mol. The van der Waals surface area contributed by atoms with Gasteiger partial charge in [-0.05, 0) is 29.4 Å². The monoisotopic (exact) mass is 332 g/mol. The molecule has 0 bridgehead atoms. The Morgan fingerprint density at radius 2 is 1.96 bits per heavy atom. The highest BCUT2D eigenvalue weighted by Gasteiger charge is 2.34. The molecule has 24 heavy (non-hydrogen) atoms. The van der Waals surface area contributed by atoms with Crippen LogP contribution in [0.15, 0.2) is 24.3 Å². The van der Waals surface area contributed by atoms with Gasteiger partial charge in [0.05, 0.1) is 11.6 Å². The van der Waals surface area contributed by atoms with Crippen molar-refractivity contribution in [3.63, 3.8) is 0 Å². The van der Waals surface area contributed by atoms with E-state index in [1.54, 1.807) is 0 Å². The molecule has 1 atom stereocenters. The molecule has 5 heteroatoms. The summed E-state index contributed by atoms with van der Waals surface area (Å²) in [7, 11) is 0. The molecule has 0 saturated carbocycles. The van der Waals surface area contributed by atoms with Crippen molar-refractivity contribution in [1.82, 2.24) is 10.6 Å². The van der Waals surface area contributed by atoms with Crippen molar-refractivity contribution in [3.05, 3.63) is 35.4 Å². The van der Waals surface area contributed by atoms with E-state index in [0.717, 1.165) is 12.8 Å². The molecule has 1 aliphatic heterocycles. The molecule has 3 rings (SSSR count). The van der Waals surface area contributed by atoms with Gasteiger partial charge in [-0.3, -0.25) is 0 Å². The Morgan fingerprint density at radius 3 is 2.71 bits per heavy atom. The highest BCUT2D eigenvalue weighted by atomic mass is 16.5. The first-order valence-electron chi connectivity index (χ1n) is 8.84. The van der Waals surface area contributed by atoms with E-state index >= 15 is 0 Å². The van der Waals surface area contributed by atoms with E-state index in [1.807, 2.05) is 6.07 Å². The maximum Gasteiger partial charge on any atom is 0.315 e. The van der Waals surface area contributed by atoms with Gasteiger partial charge in [0.15, 0.2) is 0 Å². The van der Waals surface area contributed by atoms with Gasteiger partial charge in [0.2, 0.25) is 0 Å². The third-order valence-corrected chi connectivity index (χ3v) is 5.43. The first-order chi connectivity index (χ1) is 11.4. The summed E-state index contributed by atoms with van der Waals surface area (Å²) in [5.74, 6) is 0. The Labute approximate surface area is 143 Å². The maximum absolute atomic E-state index is 12.3. The second-order valence-corrected chi connectivity index (χ2v) is 7.73. The van der Waals surface area contributed by atoms with Crippen LogP contribution in [0.4, 0.5) is 4.79 Å². The van der Waals surface area contributed by atoms with Crippen molar-refractivity contribution in [2.45, 2.75) is 56.6 Å². The number of benzene rings is 1. The number of ether oxygens (including phenoxy) is 1. The second kappa shape index (κ2) is 6.73. The normalized spacial score (nSPS) is 24.7. The van der Waals surface area contributed by atoms with Crippen LogP contribution in [0.5, 0.6) is 0 Å². The molecule has 1 aliphatic carbocycles. The molecule has 2 amide bonds. The van der Waals surface area contributed by atoms with Crippen molar-refractivity contribution in [3.8, 4) is 0 Å². The second-order valence-electron chi connectivity index (χ2n) is 7.73. The third kappa shape index (κ3) is 3.73. The predicted octanol–water partition coefficient (Wildman–Crippen LogP) is 2.64. The summed E-state index contributed by atoms with van der Waals surface area (Å²) in [5, 5.41) is 16.3. The van der Waals surface area contributed by atoms with E-state index in [9.17, 15) is 9.90 Å².